The van der Waals surface area contributed by atoms with Crippen LogP contribution in [-0.4, -0.2) is 49.6 Å². The fraction of sp³-hybridized carbons (Fsp3) is 0.529. The number of aromatic nitrogens is 2. The molecule has 0 aliphatic carbocycles. The predicted molar refractivity (Wildman–Crippen MR) is 102 cm³/mol. The number of hydrogen-bond donors (Lipinski definition) is 1. The van der Waals surface area contributed by atoms with Crippen LogP contribution in [0.2, 0.25) is 0 Å². The van der Waals surface area contributed by atoms with Crippen molar-refractivity contribution in [1.29, 1.82) is 0 Å². The largest absolute Gasteiger partial charge is 0.481 e. The van der Waals surface area contributed by atoms with Crippen LogP contribution < -0.4 is 5.56 Å². The predicted octanol–water partition coefficient (Wildman–Crippen LogP) is 2.24. The number of thioether (sulfide) groups is 1. The van der Waals surface area contributed by atoms with Crippen molar-refractivity contribution in [3.8, 4) is 0 Å². The number of carbonyl (C=O) groups excluding carboxylic acids is 1. The number of hydrogen-bond acceptors (Lipinski definition) is 6. The first-order valence-electron chi connectivity index (χ1n) is 8.59. The van der Waals surface area contributed by atoms with E-state index in [1.165, 1.54) is 33.6 Å². The molecule has 0 spiro atoms. The molecule has 1 aliphatic rings. The first kappa shape index (κ1) is 18.9. The summed E-state index contributed by atoms with van der Waals surface area (Å²) in [6.07, 6.45) is 5.18. The number of piperidine rings is 1. The molecule has 1 saturated heterocycles. The number of nitrogens with zero attached hydrogens (tertiary/aromatic N) is 3. The highest BCUT2D eigenvalue weighted by Crippen LogP contribution is 2.22. The molecular weight excluding hydrogens is 374 g/mol. The van der Waals surface area contributed by atoms with Crippen molar-refractivity contribution in [2.24, 2.45) is 0 Å². The molecule has 140 valence electrons. The summed E-state index contributed by atoms with van der Waals surface area (Å²) < 4.78 is 1.50. The summed E-state index contributed by atoms with van der Waals surface area (Å²) in [5.74, 6) is 0.0376. The van der Waals surface area contributed by atoms with Crippen molar-refractivity contribution in [1.82, 2.24) is 14.3 Å². The zero-order valence-electron chi connectivity index (χ0n) is 14.3. The van der Waals surface area contributed by atoms with E-state index < -0.39 is 5.97 Å². The van der Waals surface area contributed by atoms with Gasteiger partial charge in [-0.3, -0.25) is 18.8 Å². The smallest absolute Gasteiger partial charge is 0.303 e. The average Bonchev–Trinajstić information content (AvgIpc) is 3.09. The van der Waals surface area contributed by atoms with E-state index >= 15 is 0 Å². The molecular formula is C17H21N3O4S2. The van der Waals surface area contributed by atoms with Gasteiger partial charge in [-0.2, -0.15) is 0 Å². The maximum Gasteiger partial charge on any atom is 0.303 e. The van der Waals surface area contributed by atoms with Gasteiger partial charge in [0, 0.05) is 42.4 Å². The van der Waals surface area contributed by atoms with Gasteiger partial charge in [0.1, 0.15) is 0 Å². The first-order valence-corrected chi connectivity index (χ1v) is 10.6. The van der Waals surface area contributed by atoms with Crippen LogP contribution in [0.15, 0.2) is 22.4 Å². The van der Waals surface area contributed by atoms with E-state index in [4.69, 9.17) is 5.11 Å². The summed E-state index contributed by atoms with van der Waals surface area (Å²) in [4.78, 5) is 42.3. The van der Waals surface area contributed by atoms with Crippen LogP contribution in [0, 0.1) is 0 Å². The topological polar surface area (TPSA) is 92.0 Å². The zero-order chi connectivity index (χ0) is 18.5. The maximum atomic E-state index is 12.6. The zero-order valence-corrected chi connectivity index (χ0v) is 15.9. The van der Waals surface area contributed by atoms with Gasteiger partial charge in [0.15, 0.2) is 4.96 Å². The lowest BCUT2D eigenvalue weighted by molar-refractivity contribution is -0.139. The fourth-order valence-electron chi connectivity index (χ4n) is 3.21. The highest BCUT2D eigenvalue weighted by atomic mass is 32.2. The summed E-state index contributed by atoms with van der Waals surface area (Å²) in [5, 5.41) is 10.7. The number of carboxylic acid groups (broad SMARTS) is 1. The second kappa shape index (κ2) is 8.68. The monoisotopic (exact) mass is 395 g/mol. The fourth-order valence-corrected chi connectivity index (χ4v) is 4.74. The third-order valence-corrected chi connectivity index (χ3v) is 6.18. The Kier molecular flexibility index (Phi) is 6.31. The van der Waals surface area contributed by atoms with Crippen molar-refractivity contribution >= 4 is 39.9 Å². The molecule has 2 aromatic rings. The molecule has 1 fully saturated rings. The van der Waals surface area contributed by atoms with Gasteiger partial charge in [0.2, 0.25) is 5.91 Å². The Morgan fingerprint density at radius 1 is 1.38 bits per heavy atom. The highest BCUT2D eigenvalue weighted by Gasteiger charge is 2.26. The van der Waals surface area contributed by atoms with Gasteiger partial charge < -0.3 is 10.0 Å². The lowest BCUT2D eigenvalue weighted by atomic mass is 9.98. The average molecular weight is 396 g/mol. The van der Waals surface area contributed by atoms with Crippen LogP contribution >= 0.6 is 23.1 Å². The molecule has 0 radical (unpaired) electrons. The maximum absolute atomic E-state index is 12.6. The molecule has 7 nitrogen and oxygen atoms in total. The van der Waals surface area contributed by atoms with Crippen LogP contribution in [-0.2, 0) is 15.3 Å². The van der Waals surface area contributed by atoms with Gasteiger partial charge >= 0.3 is 5.97 Å². The van der Waals surface area contributed by atoms with Crippen LogP contribution in [0.1, 0.15) is 37.8 Å². The van der Waals surface area contributed by atoms with Gasteiger partial charge in [-0.15, -0.1) is 23.1 Å². The highest BCUT2D eigenvalue weighted by molar-refractivity contribution is 7.99. The van der Waals surface area contributed by atoms with Gasteiger partial charge in [-0.25, -0.2) is 4.98 Å². The van der Waals surface area contributed by atoms with Gasteiger partial charge in [-0.1, -0.05) is 0 Å². The molecule has 0 aromatic carbocycles. The minimum absolute atomic E-state index is 0.0261. The summed E-state index contributed by atoms with van der Waals surface area (Å²) in [7, 11) is 0. The number of carboxylic acids is 1. The third-order valence-electron chi connectivity index (χ3n) is 4.47. The van der Waals surface area contributed by atoms with E-state index in [-0.39, 0.29) is 23.9 Å². The molecule has 9 heteroatoms. The molecule has 0 saturated carbocycles. The lowest BCUT2D eigenvalue weighted by Gasteiger charge is -2.35. The van der Waals surface area contributed by atoms with Crippen LogP contribution in [0.25, 0.3) is 4.96 Å². The van der Waals surface area contributed by atoms with E-state index in [9.17, 15) is 14.4 Å². The minimum atomic E-state index is -0.821. The van der Waals surface area contributed by atoms with Crippen molar-refractivity contribution in [3.05, 3.63) is 33.7 Å². The van der Waals surface area contributed by atoms with Gasteiger partial charge in [0.05, 0.1) is 11.4 Å². The van der Waals surface area contributed by atoms with E-state index in [1.54, 1.807) is 6.20 Å². The third kappa shape index (κ3) is 4.64. The molecule has 3 heterocycles. The standard InChI is InChI=1S/C17H21N3O4S2/c21-14-9-12(18-17-20(14)7-8-26-17)10-25-11-15(22)19-6-2-1-3-13(19)4-5-16(23)24/h7-9,13H,1-6,10-11H2,(H,23,24). The number of likely N-dealkylation sites (tertiary alicyclic amines) is 1. The van der Waals surface area contributed by atoms with E-state index in [0.717, 1.165) is 19.3 Å². The number of thiazole rings is 1. The Balaban J connectivity index is 1.54. The number of carbonyl (C=O) groups is 2. The molecule has 1 amide bonds. The van der Waals surface area contributed by atoms with Gasteiger partial charge in [0.25, 0.3) is 5.56 Å². The lowest BCUT2D eigenvalue weighted by Crippen LogP contribution is -2.44. The van der Waals surface area contributed by atoms with Gasteiger partial charge in [-0.05, 0) is 25.7 Å². The van der Waals surface area contributed by atoms with Crippen molar-refractivity contribution < 1.29 is 14.7 Å². The number of aliphatic carboxylic acids is 1. The van der Waals surface area contributed by atoms with E-state index in [1.807, 2.05) is 10.3 Å². The molecule has 0 bridgehead atoms. The Bertz CT molecular complexity index is 848. The second-order valence-electron chi connectivity index (χ2n) is 6.30. The number of fused-ring (bicyclic) bond motifs is 1. The molecule has 1 unspecified atom stereocenters. The number of rotatable bonds is 7. The molecule has 1 aliphatic heterocycles. The molecule has 1 N–H and O–H groups in total. The summed E-state index contributed by atoms with van der Waals surface area (Å²) in [5.41, 5.74) is 0.569. The Morgan fingerprint density at radius 2 is 2.23 bits per heavy atom. The Hall–Kier alpha value is -1.87. The van der Waals surface area contributed by atoms with Crippen LogP contribution in [0.5, 0.6) is 0 Å². The van der Waals surface area contributed by atoms with Crippen molar-refractivity contribution in [2.45, 2.75) is 43.9 Å². The quantitative estimate of drug-likeness (QED) is 0.773. The molecule has 26 heavy (non-hydrogen) atoms. The van der Waals surface area contributed by atoms with Crippen molar-refractivity contribution in [3.63, 3.8) is 0 Å². The van der Waals surface area contributed by atoms with Crippen LogP contribution in [0.3, 0.4) is 0 Å². The SMILES string of the molecule is O=C(O)CCC1CCCCN1C(=O)CSCc1cc(=O)n2ccsc2n1. The summed E-state index contributed by atoms with van der Waals surface area (Å²) in [6, 6.07) is 1.53. The molecule has 1 atom stereocenters. The number of amides is 1. The first-order chi connectivity index (χ1) is 12.5. The van der Waals surface area contributed by atoms with Crippen molar-refractivity contribution in [2.75, 3.05) is 12.3 Å². The van der Waals surface area contributed by atoms with Crippen LogP contribution in [0.4, 0.5) is 0 Å². The summed E-state index contributed by atoms with van der Waals surface area (Å²) >= 11 is 2.85. The van der Waals surface area contributed by atoms with E-state index in [2.05, 4.69) is 4.98 Å². The van der Waals surface area contributed by atoms with E-state index in [0.29, 0.717) is 35.1 Å². The Morgan fingerprint density at radius 3 is 3.04 bits per heavy atom. The Labute approximate surface area is 159 Å². The minimum Gasteiger partial charge on any atom is -0.481 e. The molecule has 2 aromatic heterocycles. The molecule has 3 rings (SSSR count). The normalized spacial score (nSPS) is 17.5. The summed E-state index contributed by atoms with van der Waals surface area (Å²) in [6.45, 7) is 0.699. The second-order valence-corrected chi connectivity index (χ2v) is 8.16.